The van der Waals surface area contributed by atoms with Gasteiger partial charge in [-0.3, -0.25) is 19.2 Å². The van der Waals surface area contributed by atoms with E-state index in [1.165, 1.54) is 12.1 Å². The van der Waals surface area contributed by atoms with Gasteiger partial charge >= 0.3 is 17.9 Å². The lowest BCUT2D eigenvalue weighted by atomic mass is 9.96. The van der Waals surface area contributed by atoms with Crippen molar-refractivity contribution in [2.45, 2.75) is 58.0 Å². The normalized spacial score (nSPS) is 12.1. The third kappa shape index (κ3) is 10.7. The highest BCUT2D eigenvalue weighted by atomic mass is 19.1. The predicted molar refractivity (Wildman–Crippen MR) is 134 cm³/mol. The molecule has 0 spiro atoms. The van der Waals surface area contributed by atoms with Gasteiger partial charge in [-0.15, -0.1) is 0 Å². The first-order valence-corrected chi connectivity index (χ1v) is 11.8. The molecule has 0 aliphatic carbocycles. The Hall–Kier alpha value is -4.07. The van der Waals surface area contributed by atoms with E-state index in [0.717, 1.165) is 22.7 Å². The van der Waals surface area contributed by atoms with Gasteiger partial charge in [-0.25, -0.2) is 9.18 Å². The van der Waals surface area contributed by atoms with Gasteiger partial charge in [0.1, 0.15) is 11.6 Å². The number of furan rings is 1. The van der Waals surface area contributed by atoms with Gasteiger partial charge in [-0.1, -0.05) is 12.1 Å². The zero-order chi connectivity index (χ0) is 29.2. The molecule has 1 unspecified atom stereocenters. The number of carbonyl (C=O) groups is 3. The third-order valence-corrected chi connectivity index (χ3v) is 5.52. The molecule has 212 valence electrons. The lowest BCUT2D eigenvalue weighted by molar-refractivity contribution is -0.170. The molecule has 39 heavy (non-hydrogen) atoms. The van der Waals surface area contributed by atoms with Crippen LogP contribution in [0.25, 0.3) is 0 Å². The van der Waals surface area contributed by atoms with Crippen LogP contribution in [-0.2, 0) is 34.0 Å². The SMILES string of the molecule is Cc1cc(C)n(CC(O)CN(Cc2ccc(F)cc2)Cc2ccco2)n1.O=C(O)CC(O)(CC(=O)O)C(=O)O. The summed E-state index contributed by atoms with van der Waals surface area (Å²) in [5.74, 6) is -4.45. The number of carboxylic acids is 3. The van der Waals surface area contributed by atoms with Gasteiger partial charge in [0, 0.05) is 18.8 Å². The molecule has 3 rings (SSSR count). The van der Waals surface area contributed by atoms with Crippen molar-refractivity contribution in [1.82, 2.24) is 14.7 Å². The number of rotatable bonds is 13. The Morgan fingerprint density at radius 2 is 1.67 bits per heavy atom. The molecule has 1 atom stereocenters. The van der Waals surface area contributed by atoms with E-state index in [2.05, 4.69) is 10.00 Å². The summed E-state index contributed by atoms with van der Waals surface area (Å²) in [6.07, 6.45) is -1.23. The molecule has 0 radical (unpaired) electrons. The molecule has 0 aliphatic rings. The summed E-state index contributed by atoms with van der Waals surface area (Å²) in [4.78, 5) is 32.6. The van der Waals surface area contributed by atoms with Gasteiger partial charge in [0.25, 0.3) is 0 Å². The van der Waals surface area contributed by atoms with E-state index in [9.17, 15) is 23.9 Å². The zero-order valence-electron chi connectivity index (χ0n) is 21.5. The highest BCUT2D eigenvalue weighted by molar-refractivity contribution is 5.88. The fourth-order valence-corrected chi connectivity index (χ4v) is 3.79. The number of benzene rings is 1. The van der Waals surface area contributed by atoms with Crippen LogP contribution < -0.4 is 0 Å². The van der Waals surface area contributed by atoms with Crippen LogP contribution in [0.2, 0.25) is 0 Å². The summed E-state index contributed by atoms with van der Waals surface area (Å²) < 4.78 is 20.4. The fourth-order valence-electron chi connectivity index (χ4n) is 3.79. The second kappa shape index (κ2) is 14.2. The number of carboxylic acid groups (broad SMARTS) is 3. The first-order chi connectivity index (χ1) is 18.3. The summed E-state index contributed by atoms with van der Waals surface area (Å²) in [6, 6.07) is 12.2. The smallest absolute Gasteiger partial charge is 0.336 e. The van der Waals surface area contributed by atoms with Crippen LogP contribution in [0.4, 0.5) is 4.39 Å². The average molecular weight is 550 g/mol. The molecule has 3 aromatic rings. The van der Waals surface area contributed by atoms with Crippen molar-refractivity contribution in [3.63, 3.8) is 0 Å². The van der Waals surface area contributed by atoms with Crippen LogP contribution in [0.3, 0.4) is 0 Å². The molecule has 0 saturated heterocycles. The molecule has 0 fully saturated rings. The van der Waals surface area contributed by atoms with E-state index in [-0.39, 0.29) is 5.82 Å². The van der Waals surface area contributed by atoms with E-state index >= 15 is 0 Å². The number of aliphatic carboxylic acids is 3. The molecule has 1 aromatic carbocycles. The van der Waals surface area contributed by atoms with Crippen molar-refractivity contribution < 1.29 is 48.7 Å². The van der Waals surface area contributed by atoms with Gasteiger partial charge in [0.05, 0.1) is 44.0 Å². The fraction of sp³-hybridized carbons (Fsp3) is 0.385. The lowest BCUT2D eigenvalue weighted by Crippen LogP contribution is -2.42. The van der Waals surface area contributed by atoms with Gasteiger partial charge in [-0.2, -0.15) is 5.10 Å². The Kier molecular flexibility index (Phi) is 11.3. The molecular weight excluding hydrogens is 517 g/mol. The van der Waals surface area contributed by atoms with Crippen LogP contribution in [0.15, 0.2) is 53.1 Å². The van der Waals surface area contributed by atoms with Gasteiger partial charge < -0.3 is 29.9 Å². The monoisotopic (exact) mass is 549 g/mol. The number of halogens is 1. The van der Waals surface area contributed by atoms with Crippen LogP contribution in [0, 0.1) is 19.7 Å². The van der Waals surface area contributed by atoms with E-state index < -0.39 is 42.5 Å². The predicted octanol–water partition coefficient (Wildman–Crippen LogP) is 2.05. The van der Waals surface area contributed by atoms with Crippen molar-refractivity contribution >= 4 is 17.9 Å². The Labute approximate surface area is 223 Å². The van der Waals surface area contributed by atoms with Crippen molar-refractivity contribution in [2.75, 3.05) is 6.54 Å². The van der Waals surface area contributed by atoms with E-state index in [1.54, 1.807) is 18.4 Å². The van der Waals surface area contributed by atoms with Gasteiger partial charge in [-0.05, 0) is 49.7 Å². The van der Waals surface area contributed by atoms with E-state index in [0.29, 0.717) is 26.2 Å². The number of aliphatic hydroxyl groups is 2. The molecule has 2 heterocycles. The van der Waals surface area contributed by atoms with Gasteiger partial charge in [0.2, 0.25) is 0 Å². The first kappa shape index (κ1) is 31.1. The second-order valence-electron chi connectivity index (χ2n) is 9.12. The topological polar surface area (TPSA) is 187 Å². The summed E-state index contributed by atoms with van der Waals surface area (Å²) in [5, 5.41) is 48.8. The average Bonchev–Trinajstić information content (AvgIpc) is 3.43. The molecule has 0 amide bonds. The number of aromatic nitrogens is 2. The van der Waals surface area contributed by atoms with E-state index in [4.69, 9.17) is 24.8 Å². The third-order valence-electron chi connectivity index (χ3n) is 5.52. The molecule has 12 nitrogen and oxygen atoms in total. The van der Waals surface area contributed by atoms with Crippen LogP contribution in [0.1, 0.15) is 35.6 Å². The molecule has 0 bridgehead atoms. The van der Waals surface area contributed by atoms with Crippen molar-refractivity contribution in [3.8, 4) is 0 Å². The zero-order valence-corrected chi connectivity index (χ0v) is 21.5. The number of hydrogen-bond donors (Lipinski definition) is 5. The maximum atomic E-state index is 13.1. The summed E-state index contributed by atoms with van der Waals surface area (Å²) in [5.41, 5.74) is 0.208. The van der Waals surface area contributed by atoms with E-state index in [1.807, 2.05) is 36.7 Å². The summed E-state index contributed by atoms with van der Waals surface area (Å²) in [7, 11) is 0. The minimum Gasteiger partial charge on any atom is -0.481 e. The summed E-state index contributed by atoms with van der Waals surface area (Å²) in [6.45, 7) is 5.96. The van der Waals surface area contributed by atoms with Crippen molar-refractivity contribution in [1.29, 1.82) is 0 Å². The largest absolute Gasteiger partial charge is 0.481 e. The Morgan fingerprint density at radius 3 is 2.13 bits per heavy atom. The van der Waals surface area contributed by atoms with Gasteiger partial charge in [0.15, 0.2) is 5.60 Å². The number of aryl methyl sites for hydroxylation is 2. The Balaban J connectivity index is 0.000000349. The van der Waals surface area contributed by atoms with Crippen LogP contribution in [-0.4, -0.2) is 76.4 Å². The molecule has 13 heteroatoms. The molecular formula is C26H32FN3O9. The lowest BCUT2D eigenvalue weighted by Gasteiger charge is -2.24. The molecule has 0 aliphatic heterocycles. The second-order valence-corrected chi connectivity index (χ2v) is 9.12. The van der Waals surface area contributed by atoms with Crippen molar-refractivity contribution in [3.05, 3.63) is 77.3 Å². The number of nitrogens with zero attached hydrogens (tertiary/aromatic N) is 3. The Morgan fingerprint density at radius 1 is 1.05 bits per heavy atom. The van der Waals surface area contributed by atoms with Crippen LogP contribution in [0.5, 0.6) is 0 Å². The van der Waals surface area contributed by atoms with Crippen molar-refractivity contribution in [2.24, 2.45) is 0 Å². The first-order valence-electron chi connectivity index (χ1n) is 11.8. The standard InChI is InChI=1S/C20H24FN3O2.C6H8O7/c1-15-10-16(2)24(22-15)13-19(25)12-23(14-20-4-3-9-26-20)11-17-5-7-18(21)8-6-17;7-3(8)1-6(13,5(11)12)2-4(9)10/h3-10,19,25H,11-14H2,1-2H3;13H,1-2H2,(H,7,8)(H,9,10)(H,11,12). The Bertz CT molecular complexity index is 1210. The van der Waals surface area contributed by atoms with Crippen LogP contribution >= 0.6 is 0 Å². The molecule has 5 N–H and O–H groups in total. The molecule has 0 saturated carbocycles. The minimum absolute atomic E-state index is 0.254. The molecule has 2 aromatic heterocycles. The number of hydrogen-bond acceptors (Lipinski definition) is 8. The number of aliphatic hydroxyl groups excluding tert-OH is 1. The highest BCUT2D eigenvalue weighted by Crippen LogP contribution is 2.16. The highest BCUT2D eigenvalue weighted by Gasteiger charge is 2.40. The summed E-state index contributed by atoms with van der Waals surface area (Å²) >= 11 is 0. The quantitative estimate of drug-likeness (QED) is 0.210. The minimum atomic E-state index is -2.74. The maximum absolute atomic E-state index is 13.1. The maximum Gasteiger partial charge on any atom is 0.336 e.